The van der Waals surface area contributed by atoms with Crippen molar-refractivity contribution < 1.29 is 9.59 Å². The van der Waals surface area contributed by atoms with Gasteiger partial charge >= 0.3 is 0 Å². The molecule has 172 valence electrons. The number of nitrogens with two attached hydrogens (primary N) is 1. The zero-order valence-electron chi connectivity index (χ0n) is 18.9. The summed E-state index contributed by atoms with van der Waals surface area (Å²) < 4.78 is 0. The molecule has 2 aromatic heterocycles. The Balaban J connectivity index is 1.45. The molecule has 4 rings (SSSR count). The molecule has 35 heavy (non-hydrogen) atoms. The highest BCUT2D eigenvalue weighted by atomic mass is 16.2. The predicted molar refractivity (Wildman–Crippen MR) is 136 cm³/mol. The molecule has 0 radical (unpaired) electrons. The van der Waals surface area contributed by atoms with Gasteiger partial charge in [-0.3, -0.25) is 14.6 Å². The molecule has 2 heterocycles. The van der Waals surface area contributed by atoms with E-state index in [1.807, 2.05) is 25.1 Å². The van der Waals surface area contributed by atoms with E-state index in [4.69, 9.17) is 11.0 Å². The topological polar surface area (TPSA) is 134 Å². The zero-order valence-corrected chi connectivity index (χ0v) is 18.9. The number of nitriles is 1. The van der Waals surface area contributed by atoms with Gasteiger partial charge in [-0.1, -0.05) is 12.1 Å². The van der Waals surface area contributed by atoms with Crippen molar-refractivity contribution in [3.8, 4) is 17.2 Å². The predicted octanol–water partition coefficient (Wildman–Crippen LogP) is 4.39. The SMILES string of the molecule is Cc1ccncc1-c1cc(N)c2cnc(NC(=O)/C=C\C(=O)Nc3ccc(CC#N)cc3)cc2c1. The van der Waals surface area contributed by atoms with Gasteiger partial charge in [-0.05, 0) is 65.4 Å². The summed E-state index contributed by atoms with van der Waals surface area (Å²) in [6.07, 6.45) is 7.70. The Labute approximate surface area is 202 Å². The van der Waals surface area contributed by atoms with Crippen LogP contribution in [0.4, 0.5) is 17.2 Å². The minimum absolute atomic E-state index is 0.300. The molecule has 0 aliphatic heterocycles. The number of nitrogen functional groups attached to an aromatic ring is 1. The summed E-state index contributed by atoms with van der Waals surface area (Å²) in [5.41, 5.74) is 11.2. The van der Waals surface area contributed by atoms with Gasteiger partial charge < -0.3 is 16.4 Å². The number of amides is 2. The lowest BCUT2D eigenvalue weighted by Crippen LogP contribution is -2.12. The first kappa shape index (κ1) is 23.1. The lowest BCUT2D eigenvalue weighted by Gasteiger charge is -2.10. The van der Waals surface area contributed by atoms with Crippen LogP contribution in [0.5, 0.6) is 0 Å². The number of hydrogen-bond acceptors (Lipinski definition) is 6. The molecule has 8 heteroatoms. The van der Waals surface area contributed by atoms with E-state index in [1.165, 1.54) is 0 Å². The largest absolute Gasteiger partial charge is 0.398 e. The highest BCUT2D eigenvalue weighted by Gasteiger charge is 2.09. The summed E-state index contributed by atoms with van der Waals surface area (Å²) in [7, 11) is 0. The quantitative estimate of drug-likeness (QED) is 0.287. The summed E-state index contributed by atoms with van der Waals surface area (Å²) >= 11 is 0. The van der Waals surface area contributed by atoms with Gasteiger partial charge in [-0.2, -0.15) is 5.26 Å². The van der Waals surface area contributed by atoms with Crippen LogP contribution in [0.3, 0.4) is 0 Å². The van der Waals surface area contributed by atoms with Gasteiger partial charge in [0.05, 0.1) is 12.5 Å². The number of nitrogens with one attached hydrogen (secondary N) is 2. The van der Waals surface area contributed by atoms with Gasteiger partial charge in [-0.25, -0.2) is 4.98 Å². The average molecular weight is 463 g/mol. The maximum atomic E-state index is 12.3. The van der Waals surface area contributed by atoms with Crippen molar-refractivity contribution in [2.45, 2.75) is 13.3 Å². The number of nitrogens with zero attached hydrogens (tertiary/aromatic N) is 3. The van der Waals surface area contributed by atoms with E-state index in [2.05, 4.69) is 26.7 Å². The van der Waals surface area contributed by atoms with Crippen molar-refractivity contribution in [3.63, 3.8) is 0 Å². The highest BCUT2D eigenvalue weighted by Crippen LogP contribution is 2.31. The van der Waals surface area contributed by atoms with Gasteiger partial charge in [0.1, 0.15) is 5.82 Å². The summed E-state index contributed by atoms with van der Waals surface area (Å²) in [6, 6.07) is 16.5. The molecule has 0 saturated heterocycles. The van der Waals surface area contributed by atoms with E-state index < -0.39 is 11.8 Å². The first-order chi connectivity index (χ1) is 16.9. The maximum Gasteiger partial charge on any atom is 0.249 e. The van der Waals surface area contributed by atoms with Crippen LogP contribution in [0, 0.1) is 18.3 Å². The Bertz CT molecular complexity index is 1490. The van der Waals surface area contributed by atoms with Crippen LogP contribution in [0.1, 0.15) is 11.1 Å². The van der Waals surface area contributed by atoms with E-state index in [9.17, 15) is 9.59 Å². The van der Waals surface area contributed by atoms with Crippen molar-refractivity contribution in [1.29, 1.82) is 5.26 Å². The number of carbonyl (C=O) groups is 2. The Hall–Kier alpha value is -5.03. The maximum absolute atomic E-state index is 12.3. The molecule has 0 saturated carbocycles. The molecule has 0 aliphatic carbocycles. The summed E-state index contributed by atoms with van der Waals surface area (Å²) in [4.78, 5) is 32.9. The number of rotatable bonds is 6. The van der Waals surface area contributed by atoms with E-state index in [-0.39, 0.29) is 0 Å². The Morgan fingerprint density at radius 2 is 1.77 bits per heavy atom. The summed E-state index contributed by atoms with van der Waals surface area (Å²) in [5.74, 6) is -0.618. The van der Waals surface area contributed by atoms with Crippen molar-refractivity contribution >= 4 is 39.8 Å². The Morgan fingerprint density at radius 3 is 2.49 bits per heavy atom. The van der Waals surface area contributed by atoms with Crippen LogP contribution in [0.25, 0.3) is 21.9 Å². The second kappa shape index (κ2) is 10.3. The number of hydrogen-bond donors (Lipinski definition) is 3. The van der Waals surface area contributed by atoms with E-state index in [1.54, 1.807) is 48.9 Å². The molecule has 0 atom stereocenters. The number of aryl methyl sites for hydroxylation is 1. The average Bonchev–Trinajstić information content (AvgIpc) is 2.84. The number of fused-ring (bicyclic) bond motifs is 1. The fourth-order valence-corrected chi connectivity index (χ4v) is 3.58. The number of carbonyl (C=O) groups excluding carboxylic acids is 2. The van der Waals surface area contributed by atoms with Crippen LogP contribution >= 0.6 is 0 Å². The van der Waals surface area contributed by atoms with Gasteiger partial charge in [0.2, 0.25) is 11.8 Å². The molecule has 0 unspecified atom stereocenters. The summed E-state index contributed by atoms with van der Waals surface area (Å²) in [5, 5.41) is 15.6. The van der Waals surface area contributed by atoms with Gasteiger partial charge in [0.25, 0.3) is 0 Å². The molecule has 0 fully saturated rings. The zero-order chi connectivity index (χ0) is 24.8. The minimum Gasteiger partial charge on any atom is -0.398 e. The highest BCUT2D eigenvalue weighted by molar-refractivity contribution is 6.07. The van der Waals surface area contributed by atoms with E-state index >= 15 is 0 Å². The summed E-state index contributed by atoms with van der Waals surface area (Å²) in [6.45, 7) is 2.00. The normalized spacial score (nSPS) is 10.7. The fourth-order valence-electron chi connectivity index (χ4n) is 3.58. The first-order valence-corrected chi connectivity index (χ1v) is 10.8. The van der Waals surface area contributed by atoms with Crippen LogP contribution in [0.15, 0.2) is 79.3 Å². The number of aromatic nitrogens is 2. The molecule has 0 aliphatic rings. The molecule has 2 amide bonds. The molecule has 2 aromatic carbocycles. The molecular formula is C27H22N6O2. The van der Waals surface area contributed by atoms with Gasteiger partial charge in [0.15, 0.2) is 0 Å². The van der Waals surface area contributed by atoms with Crippen LogP contribution in [-0.4, -0.2) is 21.8 Å². The first-order valence-electron chi connectivity index (χ1n) is 10.8. The standard InChI is InChI=1S/C27H22N6O2/c1-17-9-11-30-15-22(17)19-12-20-14-25(31-16-23(20)24(29)13-19)33-27(35)7-6-26(34)32-21-4-2-18(3-5-21)8-10-28/h2-7,9,11-16H,8,29H2,1H3,(H,32,34)(H,31,33,35)/b7-6-. The minimum atomic E-state index is -0.497. The van der Waals surface area contributed by atoms with Crippen LogP contribution in [0.2, 0.25) is 0 Å². The third kappa shape index (κ3) is 5.67. The van der Waals surface area contributed by atoms with Crippen molar-refractivity contribution in [2.75, 3.05) is 16.4 Å². The second-order valence-corrected chi connectivity index (χ2v) is 7.89. The fraction of sp³-hybridized carbons (Fsp3) is 0.0741. The molecule has 8 nitrogen and oxygen atoms in total. The van der Waals surface area contributed by atoms with E-state index in [0.717, 1.165) is 45.2 Å². The van der Waals surface area contributed by atoms with Gasteiger partial charge in [0, 0.05) is 53.1 Å². The van der Waals surface area contributed by atoms with Crippen LogP contribution in [-0.2, 0) is 16.0 Å². The lowest BCUT2D eigenvalue weighted by atomic mass is 9.99. The van der Waals surface area contributed by atoms with Crippen LogP contribution < -0.4 is 16.4 Å². The van der Waals surface area contributed by atoms with Gasteiger partial charge in [-0.15, -0.1) is 0 Å². The lowest BCUT2D eigenvalue weighted by molar-refractivity contribution is -0.114. The monoisotopic (exact) mass is 462 g/mol. The van der Waals surface area contributed by atoms with E-state index in [0.29, 0.717) is 23.6 Å². The second-order valence-electron chi connectivity index (χ2n) is 7.89. The number of anilines is 3. The molecule has 0 spiro atoms. The Morgan fingerprint density at radius 1 is 1.03 bits per heavy atom. The van der Waals surface area contributed by atoms with Crippen molar-refractivity contribution in [3.05, 3.63) is 90.4 Å². The third-order valence-corrected chi connectivity index (χ3v) is 5.36. The van der Waals surface area contributed by atoms with Crippen molar-refractivity contribution in [1.82, 2.24) is 9.97 Å². The molecular weight excluding hydrogens is 440 g/mol. The molecule has 0 bridgehead atoms. The molecule has 4 N–H and O–H groups in total. The Kier molecular flexibility index (Phi) is 6.79. The number of benzene rings is 2. The third-order valence-electron chi connectivity index (χ3n) is 5.36. The van der Waals surface area contributed by atoms with Crippen molar-refractivity contribution in [2.24, 2.45) is 0 Å². The molecule has 4 aromatic rings. The number of pyridine rings is 2. The smallest absolute Gasteiger partial charge is 0.249 e.